The van der Waals surface area contributed by atoms with E-state index < -0.39 is 33.6 Å². The summed E-state index contributed by atoms with van der Waals surface area (Å²) in [5, 5.41) is 5.17. The molecule has 0 unspecified atom stereocenters. The van der Waals surface area contributed by atoms with Crippen molar-refractivity contribution < 1.29 is 32.2 Å². The SMILES string of the molecule is CCOC(=O)C1=C(CS(=O)(=O)c2ccccc2)NC(=O)N[C@H]1c1ccc(OCC)c(OC)c1. The molecule has 2 N–H and O–H groups in total. The van der Waals surface area contributed by atoms with Crippen LogP contribution in [-0.2, 0) is 19.4 Å². The summed E-state index contributed by atoms with van der Waals surface area (Å²) in [6.07, 6.45) is 0. The summed E-state index contributed by atoms with van der Waals surface area (Å²) in [6, 6.07) is 11.2. The molecule has 1 heterocycles. The molecule has 10 heteroatoms. The number of rotatable bonds is 9. The van der Waals surface area contributed by atoms with Crippen molar-refractivity contribution in [2.75, 3.05) is 26.1 Å². The summed E-state index contributed by atoms with van der Waals surface area (Å²) in [5.41, 5.74) is 0.462. The van der Waals surface area contributed by atoms with Gasteiger partial charge < -0.3 is 24.8 Å². The van der Waals surface area contributed by atoms with Crippen molar-refractivity contribution >= 4 is 21.8 Å². The second kappa shape index (κ2) is 10.4. The summed E-state index contributed by atoms with van der Waals surface area (Å²) >= 11 is 0. The van der Waals surface area contributed by atoms with Crippen molar-refractivity contribution in [1.82, 2.24) is 10.6 Å². The van der Waals surface area contributed by atoms with Gasteiger partial charge in [0, 0.05) is 5.70 Å². The van der Waals surface area contributed by atoms with Gasteiger partial charge in [-0.1, -0.05) is 24.3 Å². The van der Waals surface area contributed by atoms with E-state index in [1.54, 1.807) is 43.3 Å². The first kappa shape index (κ1) is 24.1. The number of sulfone groups is 1. The number of urea groups is 1. The molecule has 1 aliphatic rings. The van der Waals surface area contributed by atoms with Crippen LogP contribution in [0.2, 0.25) is 0 Å². The molecule has 0 bridgehead atoms. The second-order valence-corrected chi connectivity index (χ2v) is 9.05. The number of carbonyl (C=O) groups excluding carboxylic acids is 2. The van der Waals surface area contributed by atoms with Gasteiger partial charge in [0.05, 0.1) is 42.6 Å². The van der Waals surface area contributed by atoms with Gasteiger partial charge in [0.2, 0.25) is 0 Å². The molecule has 0 aliphatic carbocycles. The first-order valence-corrected chi connectivity index (χ1v) is 12.0. The maximum atomic E-state index is 13.0. The molecule has 176 valence electrons. The normalized spacial score (nSPS) is 16.0. The number of benzene rings is 2. The first-order chi connectivity index (χ1) is 15.8. The Kier molecular flexibility index (Phi) is 7.59. The van der Waals surface area contributed by atoms with Crippen LogP contribution in [0.15, 0.2) is 64.7 Å². The summed E-state index contributed by atoms with van der Waals surface area (Å²) in [6.45, 7) is 3.98. The molecule has 9 nitrogen and oxygen atoms in total. The molecule has 1 aliphatic heterocycles. The standard InChI is InChI=1S/C23H26N2O7S/c1-4-31-18-12-11-15(13-19(18)30-3)21-20(22(26)32-5-2)17(24-23(27)25-21)14-33(28,29)16-9-7-6-8-10-16/h6-13,21H,4-5,14H2,1-3H3,(H2,24,25,27)/t21-/m0/s1. The van der Waals surface area contributed by atoms with Crippen LogP contribution in [0.5, 0.6) is 11.5 Å². The predicted octanol–water partition coefficient (Wildman–Crippen LogP) is 2.74. The fourth-order valence-electron chi connectivity index (χ4n) is 3.47. The number of amides is 2. The molecular weight excluding hydrogens is 448 g/mol. The van der Waals surface area contributed by atoms with Crippen molar-refractivity contribution in [3.05, 3.63) is 65.4 Å². The van der Waals surface area contributed by atoms with Gasteiger partial charge in [-0.2, -0.15) is 0 Å². The Labute approximate surface area is 192 Å². The van der Waals surface area contributed by atoms with Gasteiger partial charge >= 0.3 is 12.0 Å². The van der Waals surface area contributed by atoms with E-state index in [9.17, 15) is 18.0 Å². The molecule has 0 radical (unpaired) electrons. The van der Waals surface area contributed by atoms with Crippen LogP contribution in [0.4, 0.5) is 4.79 Å². The minimum absolute atomic E-state index is 0.00201. The van der Waals surface area contributed by atoms with E-state index in [2.05, 4.69) is 10.6 Å². The largest absolute Gasteiger partial charge is 0.493 e. The topological polar surface area (TPSA) is 120 Å². The zero-order valence-corrected chi connectivity index (χ0v) is 19.4. The van der Waals surface area contributed by atoms with Gasteiger partial charge in [0.25, 0.3) is 0 Å². The Morgan fingerprint density at radius 1 is 1.03 bits per heavy atom. The van der Waals surface area contributed by atoms with Crippen LogP contribution in [0.25, 0.3) is 0 Å². The summed E-state index contributed by atoms with van der Waals surface area (Å²) in [7, 11) is -2.38. The van der Waals surface area contributed by atoms with Gasteiger partial charge in [0.1, 0.15) is 0 Å². The minimum atomic E-state index is -3.85. The highest BCUT2D eigenvalue weighted by molar-refractivity contribution is 7.91. The van der Waals surface area contributed by atoms with E-state index in [1.807, 2.05) is 6.92 Å². The first-order valence-electron chi connectivity index (χ1n) is 10.4. The third-order valence-corrected chi connectivity index (χ3v) is 6.57. The molecule has 0 spiro atoms. The van der Waals surface area contributed by atoms with E-state index in [1.165, 1.54) is 19.2 Å². The highest BCUT2D eigenvalue weighted by atomic mass is 32.2. The van der Waals surface area contributed by atoms with Gasteiger partial charge in [-0.15, -0.1) is 0 Å². The van der Waals surface area contributed by atoms with Crippen LogP contribution < -0.4 is 20.1 Å². The quantitative estimate of drug-likeness (QED) is 0.536. The van der Waals surface area contributed by atoms with E-state index in [0.29, 0.717) is 23.7 Å². The van der Waals surface area contributed by atoms with Gasteiger partial charge in [-0.05, 0) is 43.7 Å². The molecule has 1 atom stereocenters. The van der Waals surface area contributed by atoms with Crippen LogP contribution in [-0.4, -0.2) is 46.5 Å². The second-order valence-electron chi connectivity index (χ2n) is 7.06. The van der Waals surface area contributed by atoms with Crippen molar-refractivity contribution in [2.24, 2.45) is 0 Å². The Hall–Kier alpha value is -3.53. The predicted molar refractivity (Wildman–Crippen MR) is 121 cm³/mol. The number of ether oxygens (including phenoxy) is 3. The van der Waals surface area contributed by atoms with Gasteiger partial charge in [-0.25, -0.2) is 18.0 Å². The lowest BCUT2D eigenvalue weighted by molar-refractivity contribution is -0.139. The molecule has 0 saturated heterocycles. The number of hydrogen-bond donors (Lipinski definition) is 2. The lowest BCUT2D eigenvalue weighted by Gasteiger charge is -2.29. The summed E-state index contributed by atoms with van der Waals surface area (Å²) in [4.78, 5) is 25.5. The smallest absolute Gasteiger partial charge is 0.338 e. The van der Waals surface area contributed by atoms with Gasteiger partial charge in [0.15, 0.2) is 21.3 Å². The van der Waals surface area contributed by atoms with E-state index in [-0.39, 0.29) is 22.8 Å². The van der Waals surface area contributed by atoms with E-state index in [0.717, 1.165) is 0 Å². The van der Waals surface area contributed by atoms with Crippen molar-refractivity contribution in [3.63, 3.8) is 0 Å². The third-order valence-electron chi connectivity index (χ3n) is 4.91. The maximum Gasteiger partial charge on any atom is 0.338 e. The zero-order valence-electron chi connectivity index (χ0n) is 18.6. The highest BCUT2D eigenvalue weighted by Gasteiger charge is 2.36. The van der Waals surface area contributed by atoms with Crippen LogP contribution in [0.3, 0.4) is 0 Å². The van der Waals surface area contributed by atoms with E-state index >= 15 is 0 Å². The van der Waals surface area contributed by atoms with E-state index in [4.69, 9.17) is 14.2 Å². The zero-order chi connectivity index (χ0) is 24.0. The third kappa shape index (κ3) is 5.46. The van der Waals surface area contributed by atoms with Crippen LogP contribution in [0, 0.1) is 0 Å². The molecule has 33 heavy (non-hydrogen) atoms. The Morgan fingerprint density at radius 3 is 2.39 bits per heavy atom. The number of esters is 1. The number of methoxy groups -OCH3 is 1. The Bertz CT molecular complexity index is 1160. The minimum Gasteiger partial charge on any atom is -0.493 e. The number of nitrogens with one attached hydrogen (secondary N) is 2. The fourth-order valence-corrected chi connectivity index (χ4v) is 4.82. The molecule has 2 amide bonds. The van der Waals surface area contributed by atoms with Crippen molar-refractivity contribution in [1.29, 1.82) is 0 Å². The monoisotopic (exact) mass is 474 g/mol. The summed E-state index contributed by atoms with van der Waals surface area (Å²) < 4.78 is 42.1. The molecule has 0 fully saturated rings. The molecule has 0 saturated carbocycles. The number of carbonyl (C=O) groups is 2. The van der Waals surface area contributed by atoms with Crippen molar-refractivity contribution in [2.45, 2.75) is 24.8 Å². The molecule has 2 aromatic carbocycles. The summed E-state index contributed by atoms with van der Waals surface area (Å²) in [5.74, 6) is -0.411. The molecular formula is C23H26N2O7S. The van der Waals surface area contributed by atoms with Crippen molar-refractivity contribution in [3.8, 4) is 11.5 Å². The molecule has 2 aromatic rings. The lowest BCUT2D eigenvalue weighted by atomic mass is 9.95. The maximum absolute atomic E-state index is 13.0. The van der Waals surface area contributed by atoms with Crippen LogP contribution in [0.1, 0.15) is 25.5 Å². The Morgan fingerprint density at radius 2 is 1.76 bits per heavy atom. The molecule has 3 rings (SSSR count). The number of hydrogen-bond acceptors (Lipinski definition) is 7. The lowest BCUT2D eigenvalue weighted by Crippen LogP contribution is -2.47. The Balaban J connectivity index is 2.11. The molecule has 0 aromatic heterocycles. The average molecular weight is 475 g/mol. The highest BCUT2D eigenvalue weighted by Crippen LogP contribution is 2.35. The average Bonchev–Trinajstić information content (AvgIpc) is 2.79. The fraction of sp³-hybridized carbons (Fsp3) is 0.304. The van der Waals surface area contributed by atoms with Crippen LogP contribution >= 0.6 is 0 Å². The van der Waals surface area contributed by atoms with Gasteiger partial charge in [-0.3, -0.25) is 0 Å².